The Morgan fingerprint density at radius 3 is 2.52 bits per heavy atom. The van der Waals surface area contributed by atoms with Crippen molar-refractivity contribution in [1.82, 2.24) is 14.8 Å². The Hall–Kier alpha value is -2.41. The van der Waals surface area contributed by atoms with Gasteiger partial charge >= 0.3 is 0 Å². The molecule has 0 saturated heterocycles. The number of hydrogen-bond donors (Lipinski definition) is 1. The van der Waals surface area contributed by atoms with E-state index in [1.54, 1.807) is 32.2 Å². The van der Waals surface area contributed by atoms with E-state index >= 15 is 0 Å². The third-order valence-corrected chi connectivity index (χ3v) is 4.05. The summed E-state index contributed by atoms with van der Waals surface area (Å²) in [5, 5.41) is 18.6. The quantitative estimate of drug-likeness (QED) is 0.625. The van der Waals surface area contributed by atoms with Crippen molar-refractivity contribution >= 4 is 6.21 Å². The van der Waals surface area contributed by atoms with E-state index < -0.39 is 11.3 Å². The second kappa shape index (κ2) is 6.78. The number of oxime groups is 1. The minimum atomic E-state index is -1.14. The molecule has 124 valence electrons. The van der Waals surface area contributed by atoms with Crippen molar-refractivity contribution in [1.29, 1.82) is 0 Å². The maximum atomic E-state index is 10.8. The van der Waals surface area contributed by atoms with Crippen molar-refractivity contribution in [2.45, 2.75) is 38.5 Å². The fourth-order valence-corrected chi connectivity index (χ4v) is 2.13. The van der Waals surface area contributed by atoms with E-state index in [1.165, 1.54) is 24.4 Å². The first-order valence-electron chi connectivity index (χ1n) is 7.36. The number of nitrogens with zero attached hydrogens (tertiary/aromatic N) is 4. The molecular formula is C16H22N4O3. The molecule has 2 rings (SSSR count). The van der Waals surface area contributed by atoms with Gasteiger partial charge in [-0.15, -0.1) is 0 Å². The van der Waals surface area contributed by atoms with Crippen molar-refractivity contribution in [3.8, 4) is 5.75 Å². The van der Waals surface area contributed by atoms with Crippen LogP contribution in [0.25, 0.3) is 0 Å². The molecule has 2 aromatic rings. The lowest BCUT2D eigenvalue weighted by Crippen LogP contribution is -2.55. The van der Waals surface area contributed by atoms with E-state index in [9.17, 15) is 5.11 Å². The van der Waals surface area contributed by atoms with Gasteiger partial charge in [0.05, 0.1) is 6.21 Å². The minimum absolute atomic E-state index is 0.488. The lowest BCUT2D eigenvalue weighted by Gasteiger charge is -2.41. The highest BCUT2D eigenvalue weighted by atomic mass is 16.6. The Labute approximate surface area is 135 Å². The van der Waals surface area contributed by atoms with Gasteiger partial charge in [-0.2, -0.15) is 5.10 Å². The Morgan fingerprint density at radius 2 is 2.00 bits per heavy atom. The molecule has 7 heteroatoms. The van der Waals surface area contributed by atoms with Crippen LogP contribution >= 0.6 is 0 Å². The average molecular weight is 318 g/mol. The molecule has 1 N–H and O–H groups in total. The van der Waals surface area contributed by atoms with Crippen molar-refractivity contribution < 1.29 is 14.7 Å². The van der Waals surface area contributed by atoms with E-state index in [1.807, 2.05) is 19.1 Å². The monoisotopic (exact) mass is 318 g/mol. The topological polar surface area (TPSA) is 81.8 Å². The predicted octanol–water partition coefficient (Wildman–Crippen LogP) is 2.17. The molecular weight excluding hydrogens is 296 g/mol. The summed E-state index contributed by atoms with van der Waals surface area (Å²) in [5.74, 6) is 0.603. The molecule has 0 aliphatic carbocycles. The molecule has 1 heterocycles. The van der Waals surface area contributed by atoms with Gasteiger partial charge < -0.3 is 14.7 Å². The summed E-state index contributed by atoms with van der Waals surface area (Å²) >= 11 is 0. The smallest absolute Gasteiger partial charge is 0.228 e. The Balaban J connectivity index is 2.30. The molecule has 1 aromatic carbocycles. The first-order valence-corrected chi connectivity index (χ1v) is 7.36. The molecule has 2 atom stereocenters. The number of aliphatic hydroxyl groups is 1. The van der Waals surface area contributed by atoms with Gasteiger partial charge in [-0.1, -0.05) is 12.1 Å². The van der Waals surface area contributed by atoms with Crippen molar-refractivity contribution in [3.05, 3.63) is 42.5 Å². The van der Waals surface area contributed by atoms with Crippen LogP contribution in [0.1, 0.15) is 32.8 Å². The molecule has 7 nitrogen and oxygen atoms in total. The maximum absolute atomic E-state index is 10.8. The largest absolute Gasteiger partial charge is 0.463 e. The summed E-state index contributed by atoms with van der Waals surface area (Å²) in [6.07, 6.45) is 5.03. The van der Waals surface area contributed by atoms with Crippen LogP contribution in [0.5, 0.6) is 5.75 Å². The van der Waals surface area contributed by atoms with Gasteiger partial charge in [0.1, 0.15) is 31.1 Å². The average Bonchev–Trinajstić information content (AvgIpc) is 3.09. The SMILES string of the molecule is CCC(C)(O)C(C)(Oc1ccc(C=NOC)cc1)n1cncn1. The molecule has 2 unspecified atom stereocenters. The third kappa shape index (κ3) is 3.50. The number of rotatable bonds is 7. The zero-order chi connectivity index (χ0) is 16.9. The summed E-state index contributed by atoms with van der Waals surface area (Å²) in [4.78, 5) is 8.61. The Kier molecular flexibility index (Phi) is 5.00. The highest BCUT2D eigenvalue weighted by Crippen LogP contribution is 2.34. The molecule has 0 spiro atoms. The summed E-state index contributed by atoms with van der Waals surface area (Å²) in [7, 11) is 1.49. The molecule has 0 fully saturated rings. The van der Waals surface area contributed by atoms with E-state index in [0.717, 1.165) is 5.56 Å². The molecule has 0 bridgehead atoms. The molecule has 0 amide bonds. The van der Waals surface area contributed by atoms with Crippen LogP contribution in [0.2, 0.25) is 0 Å². The molecule has 1 aromatic heterocycles. The first kappa shape index (κ1) is 17.0. The van der Waals surface area contributed by atoms with Crippen LogP contribution < -0.4 is 4.74 Å². The molecule has 0 saturated carbocycles. The summed E-state index contributed by atoms with van der Waals surface area (Å²) in [6.45, 7) is 5.39. The minimum Gasteiger partial charge on any atom is -0.463 e. The van der Waals surface area contributed by atoms with E-state index in [-0.39, 0.29) is 0 Å². The summed E-state index contributed by atoms with van der Waals surface area (Å²) in [5.41, 5.74) is -1.36. The lowest BCUT2D eigenvalue weighted by molar-refractivity contribution is -0.172. The molecule has 0 aliphatic rings. The van der Waals surface area contributed by atoms with Crippen LogP contribution in [-0.2, 0) is 10.6 Å². The fourth-order valence-electron chi connectivity index (χ4n) is 2.13. The second-order valence-corrected chi connectivity index (χ2v) is 5.54. The highest BCUT2D eigenvalue weighted by Gasteiger charge is 2.47. The van der Waals surface area contributed by atoms with E-state index in [4.69, 9.17) is 4.74 Å². The number of hydrogen-bond acceptors (Lipinski definition) is 6. The Bertz CT molecular complexity index is 638. The van der Waals surface area contributed by atoms with Gasteiger partial charge in [-0.3, -0.25) is 0 Å². The lowest BCUT2D eigenvalue weighted by atomic mass is 9.90. The first-order chi connectivity index (χ1) is 10.9. The highest BCUT2D eigenvalue weighted by molar-refractivity contribution is 5.79. The van der Waals surface area contributed by atoms with Gasteiger partial charge in [0, 0.05) is 0 Å². The number of aromatic nitrogens is 3. The fraction of sp³-hybridized carbons (Fsp3) is 0.438. The van der Waals surface area contributed by atoms with Gasteiger partial charge in [0.15, 0.2) is 0 Å². The van der Waals surface area contributed by atoms with Gasteiger partial charge in [-0.05, 0) is 50.1 Å². The molecule has 0 aliphatic heterocycles. The van der Waals surface area contributed by atoms with Gasteiger partial charge in [0.2, 0.25) is 5.72 Å². The zero-order valence-electron chi connectivity index (χ0n) is 13.8. The van der Waals surface area contributed by atoms with Crippen LogP contribution in [0.3, 0.4) is 0 Å². The zero-order valence-corrected chi connectivity index (χ0v) is 13.8. The van der Waals surface area contributed by atoms with Crippen LogP contribution in [0, 0.1) is 0 Å². The number of ether oxygens (including phenoxy) is 1. The van der Waals surface area contributed by atoms with E-state index in [2.05, 4.69) is 20.1 Å². The second-order valence-electron chi connectivity index (χ2n) is 5.54. The molecule has 0 radical (unpaired) electrons. The van der Waals surface area contributed by atoms with Gasteiger partial charge in [0.25, 0.3) is 0 Å². The number of benzene rings is 1. The van der Waals surface area contributed by atoms with Crippen molar-refractivity contribution in [2.24, 2.45) is 5.16 Å². The van der Waals surface area contributed by atoms with Crippen LogP contribution in [-0.4, -0.2) is 38.8 Å². The predicted molar refractivity (Wildman–Crippen MR) is 86.3 cm³/mol. The van der Waals surface area contributed by atoms with Crippen molar-refractivity contribution in [2.75, 3.05) is 7.11 Å². The summed E-state index contributed by atoms with van der Waals surface area (Å²) < 4.78 is 7.62. The normalized spacial score (nSPS) is 16.7. The third-order valence-electron chi connectivity index (χ3n) is 4.05. The standard InChI is InChI=1S/C16H22N4O3/c1-5-15(2,21)16(3,20-12-17-11-18-20)23-14-8-6-13(7-9-14)10-19-22-4/h6-12,21H,5H2,1-4H3. The van der Waals surface area contributed by atoms with Crippen LogP contribution in [0.15, 0.2) is 42.1 Å². The molecule has 23 heavy (non-hydrogen) atoms. The van der Waals surface area contributed by atoms with Gasteiger partial charge in [-0.25, -0.2) is 9.67 Å². The Morgan fingerprint density at radius 1 is 1.30 bits per heavy atom. The summed E-state index contributed by atoms with van der Waals surface area (Å²) in [6, 6.07) is 7.30. The van der Waals surface area contributed by atoms with E-state index in [0.29, 0.717) is 12.2 Å². The van der Waals surface area contributed by atoms with Crippen molar-refractivity contribution in [3.63, 3.8) is 0 Å². The van der Waals surface area contributed by atoms with Crippen LogP contribution in [0.4, 0.5) is 0 Å². The maximum Gasteiger partial charge on any atom is 0.228 e.